The van der Waals surface area contributed by atoms with Gasteiger partial charge >= 0.3 is 6.03 Å². The molecule has 1 aromatic heterocycles. The molecule has 21 heavy (non-hydrogen) atoms. The predicted octanol–water partition coefficient (Wildman–Crippen LogP) is 1.92. The number of nitrogens with one attached hydrogen (secondary N) is 2. The third-order valence-electron chi connectivity index (χ3n) is 3.06. The fourth-order valence-electron chi connectivity index (χ4n) is 2.01. The summed E-state index contributed by atoms with van der Waals surface area (Å²) in [7, 11) is 0. The SMILES string of the molecule is O=C(NCc1ccco1)NCC1COc2ccccc2O1. The van der Waals surface area contributed by atoms with Crippen molar-refractivity contribution in [3.05, 3.63) is 48.4 Å². The first kappa shape index (κ1) is 13.4. The summed E-state index contributed by atoms with van der Waals surface area (Å²) in [5.74, 6) is 2.14. The lowest BCUT2D eigenvalue weighted by Crippen LogP contribution is -2.44. The highest BCUT2D eigenvalue weighted by Gasteiger charge is 2.20. The zero-order valence-corrected chi connectivity index (χ0v) is 11.4. The molecule has 2 heterocycles. The third kappa shape index (κ3) is 3.47. The summed E-state index contributed by atoms with van der Waals surface area (Å²) >= 11 is 0. The number of carbonyl (C=O) groups is 1. The lowest BCUT2D eigenvalue weighted by molar-refractivity contribution is 0.0918. The van der Waals surface area contributed by atoms with E-state index in [2.05, 4.69) is 10.6 Å². The molecule has 2 aromatic rings. The van der Waals surface area contributed by atoms with E-state index in [0.29, 0.717) is 31.2 Å². The Morgan fingerprint density at radius 2 is 2.00 bits per heavy atom. The maximum Gasteiger partial charge on any atom is 0.315 e. The van der Waals surface area contributed by atoms with Crippen LogP contribution in [0.15, 0.2) is 47.1 Å². The smallest absolute Gasteiger partial charge is 0.315 e. The topological polar surface area (TPSA) is 72.7 Å². The minimum absolute atomic E-state index is 0.200. The van der Waals surface area contributed by atoms with Crippen LogP contribution in [0.4, 0.5) is 4.79 Å². The van der Waals surface area contributed by atoms with Crippen LogP contribution in [0.1, 0.15) is 5.76 Å². The molecule has 0 spiro atoms. The van der Waals surface area contributed by atoms with Crippen LogP contribution >= 0.6 is 0 Å². The second-order valence-electron chi connectivity index (χ2n) is 4.64. The number of amides is 2. The molecule has 3 rings (SSSR count). The highest BCUT2D eigenvalue weighted by Crippen LogP contribution is 2.30. The molecule has 110 valence electrons. The first-order chi connectivity index (χ1) is 10.3. The standard InChI is InChI=1S/C15H16N2O4/c18-15(16-8-11-4-3-7-19-11)17-9-12-10-20-13-5-1-2-6-14(13)21-12/h1-7,12H,8-10H2,(H2,16,17,18). The summed E-state index contributed by atoms with van der Waals surface area (Å²) in [6.07, 6.45) is 1.37. The normalized spacial score (nSPS) is 16.3. The fourth-order valence-corrected chi connectivity index (χ4v) is 2.01. The average Bonchev–Trinajstić information content (AvgIpc) is 3.04. The van der Waals surface area contributed by atoms with Crippen molar-refractivity contribution >= 4 is 6.03 Å². The number of fused-ring (bicyclic) bond motifs is 1. The van der Waals surface area contributed by atoms with E-state index in [9.17, 15) is 4.79 Å². The van der Waals surface area contributed by atoms with Crippen molar-refractivity contribution in [3.8, 4) is 11.5 Å². The number of benzene rings is 1. The zero-order chi connectivity index (χ0) is 14.5. The predicted molar refractivity (Wildman–Crippen MR) is 75.3 cm³/mol. The molecule has 1 atom stereocenters. The van der Waals surface area contributed by atoms with E-state index < -0.39 is 0 Å². The van der Waals surface area contributed by atoms with E-state index in [-0.39, 0.29) is 12.1 Å². The molecule has 2 amide bonds. The van der Waals surface area contributed by atoms with Gasteiger partial charge in [0.2, 0.25) is 0 Å². The average molecular weight is 288 g/mol. The summed E-state index contributed by atoms with van der Waals surface area (Å²) in [5, 5.41) is 5.45. The number of furan rings is 1. The number of hydrogen-bond acceptors (Lipinski definition) is 4. The van der Waals surface area contributed by atoms with Crippen molar-refractivity contribution in [1.82, 2.24) is 10.6 Å². The largest absolute Gasteiger partial charge is 0.486 e. The van der Waals surface area contributed by atoms with Gasteiger partial charge in [0.15, 0.2) is 17.6 Å². The minimum atomic E-state index is -0.270. The molecule has 2 N–H and O–H groups in total. The lowest BCUT2D eigenvalue weighted by atomic mass is 10.2. The van der Waals surface area contributed by atoms with Crippen LogP contribution in [0.2, 0.25) is 0 Å². The Hall–Kier alpha value is -2.63. The van der Waals surface area contributed by atoms with E-state index >= 15 is 0 Å². The Kier molecular flexibility index (Phi) is 3.95. The molecule has 0 bridgehead atoms. The summed E-state index contributed by atoms with van der Waals surface area (Å²) in [5.41, 5.74) is 0. The molecule has 0 fully saturated rings. The maximum atomic E-state index is 11.7. The Bertz CT molecular complexity index is 597. The van der Waals surface area contributed by atoms with Gasteiger partial charge in [0.05, 0.1) is 19.4 Å². The van der Waals surface area contributed by atoms with Gasteiger partial charge < -0.3 is 24.5 Å². The highest BCUT2D eigenvalue weighted by molar-refractivity contribution is 5.73. The van der Waals surface area contributed by atoms with Crippen molar-refractivity contribution < 1.29 is 18.7 Å². The van der Waals surface area contributed by atoms with Gasteiger partial charge in [0.25, 0.3) is 0 Å². The Balaban J connectivity index is 1.42. The number of hydrogen-bond donors (Lipinski definition) is 2. The Morgan fingerprint density at radius 3 is 2.81 bits per heavy atom. The van der Waals surface area contributed by atoms with Crippen molar-refractivity contribution in [1.29, 1.82) is 0 Å². The summed E-state index contributed by atoms with van der Waals surface area (Å²) in [6, 6.07) is 10.8. The van der Waals surface area contributed by atoms with Gasteiger partial charge in [-0.15, -0.1) is 0 Å². The van der Waals surface area contributed by atoms with Crippen LogP contribution in [0, 0.1) is 0 Å². The molecule has 1 unspecified atom stereocenters. The van der Waals surface area contributed by atoms with Crippen molar-refractivity contribution in [2.75, 3.05) is 13.2 Å². The number of carbonyl (C=O) groups excluding carboxylic acids is 1. The van der Waals surface area contributed by atoms with Crippen LogP contribution in [0.5, 0.6) is 11.5 Å². The van der Waals surface area contributed by atoms with Gasteiger partial charge in [0, 0.05) is 0 Å². The van der Waals surface area contributed by atoms with Crippen molar-refractivity contribution in [2.45, 2.75) is 12.6 Å². The van der Waals surface area contributed by atoms with Crippen LogP contribution < -0.4 is 20.1 Å². The van der Waals surface area contributed by atoms with Gasteiger partial charge in [-0.05, 0) is 24.3 Å². The molecule has 1 aliphatic rings. The van der Waals surface area contributed by atoms with Gasteiger partial charge in [0.1, 0.15) is 12.4 Å². The molecule has 0 aliphatic carbocycles. The number of urea groups is 1. The Morgan fingerprint density at radius 1 is 1.14 bits per heavy atom. The first-order valence-electron chi connectivity index (χ1n) is 6.74. The molecule has 6 heteroatoms. The van der Waals surface area contributed by atoms with Crippen molar-refractivity contribution in [2.24, 2.45) is 0 Å². The van der Waals surface area contributed by atoms with Crippen LogP contribution in [0.3, 0.4) is 0 Å². The molecule has 0 saturated heterocycles. The molecule has 1 aromatic carbocycles. The molecule has 0 radical (unpaired) electrons. The van der Waals surface area contributed by atoms with Gasteiger partial charge in [-0.2, -0.15) is 0 Å². The summed E-state index contributed by atoms with van der Waals surface area (Å²) < 4.78 is 16.5. The van der Waals surface area contributed by atoms with Crippen molar-refractivity contribution in [3.63, 3.8) is 0 Å². The summed E-state index contributed by atoms with van der Waals surface area (Å²) in [6.45, 7) is 1.14. The van der Waals surface area contributed by atoms with E-state index in [1.165, 1.54) is 0 Å². The second-order valence-corrected chi connectivity index (χ2v) is 4.64. The number of ether oxygens (including phenoxy) is 2. The molecular weight excluding hydrogens is 272 g/mol. The van der Waals surface area contributed by atoms with Gasteiger partial charge in [-0.3, -0.25) is 0 Å². The highest BCUT2D eigenvalue weighted by atomic mass is 16.6. The first-order valence-corrected chi connectivity index (χ1v) is 6.74. The minimum Gasteiger partial charge on any atom is -0.486 e. The van der Waals surface area contributed by atoms with Crippen LogP contribution in [-0.2, 0) is 6.54 Å². The summed E-state index contributed by atoms with van der Waals surface area (Å²) in [4.78, 5) is 11.7. The van der Waals surface area contributed by atoms with Crippen LogP contribution in [0.25, 0.3) is 0 Å². The fraction of sp³-hybridized carbons (Fsp3) is 0.267. The zero-order valence-electron chi connectivity index (χ0n) is 11.4. The molecule has 6 nitrogen and oxygen atoms in total. The van der Waals surface area contributed by atoms with E-state index in [4.69, 9.17) is 13.9 Å². The maximum absolute atomic E-state index is 11.7. The Labute approximate surface area is 122 Å². The monoisotopic (exact) mass is 288 g/mol. The molecular formula is C15H16N2O4. The van der Waals surface area contributed by atoms with E-state index in [1.807, 2.05) is 24.3 Å². The number of para-hydroxylation sites is 2. The second kappa shape index (κ2) is 6.21. The molecule has 1 aliphatic heterocycles. The third-order valence-corrected chi connectivity index (χ3v) is 3.06. The van der Waals surface area contributed by atoms with E-state index in [0.717, 1.165) is 5.75 Å². The van der Waals surface area contributed by atoms with E-state index in [1.54, 1.807) is 18.4 Å². The quantitative estimate of drug-likeness (QED) is 0.901. The number of rotatable bonds is 4. The van der Waals surface area contributed by atoms with Crippen LogP contribution in [-0.4, -0.2) is 25.3 Å². The lowest BCUT2D eigenvalue weighted by Gasteiger charge is -2.26. The molecule has 0 saturated carbocycles. The van der Waals surface area contributed by atoms with Gasteiger partial charge in [-0.25, -0.2) is 4.79 Å². The van der Waals surface area contributed by atoms with Gasteiger partial charge in [-0.1, -0.05) is 12.1 Å².